The average Bonchev–Trinajstić information content (AvgIpc) is 3.45. The zero-order chi connectivity index (χ0) is 21.8. The van der Waals surface area contributed by atoms with Gasteiger partial charge in [0.15, 0.2) is 17.3 Å². The second kappa shape index (κ2) is 6.59. The Balaban J connectivity index is 1.36. The first-order valence-corrected chi connectivity index (χ1v) is 9.70. The summed E-state index contributed by atoms with van der Waals surface area (Å²) in [6, 6.07) is 17.8. The number of rotatable bonds is 2. The molecule has 0 atom stereocenters. The first-order chi connectivity index (χ1) is 15.6. The Morgan fingerprint density at radius 2 is 1.44 bits per heavy atom. The van der Waals surface area contributed by atoms with E-state index in [0.717, 1.165) is 10.8 Å². The number of carbonyl (C=O) groups excluding carboxylic acids is 2. The maximum absolute atomic E-state index is 12.9. The van der Waals surface area contributed by atoms with Crippen LogP contribution in [0.25, 0.3) is 44.6 Å². The van der Waals surface area contributed by atoms with Gasteiger partial charge in [-0.25, -0.2) is 4.85 Å². The molecule has 0 spiro atoms. The zero-order valence-electron chi connectivity index (χ0n) is 16.3. The third-order valence-electron chi connectivity index (χ3n) is 5.37. The smallest absolute Gasteiger partial charge is 0.288 e. The summed E-state index contributed by atoms with van der Waals surface area (Å²) in [5.74, 6) is -0.359. The monoisotopic (exact) mass is 417 g/mol. The van der Waals surface area contributed by atoms with Gasteiger partial charge >= 0.3 is 0 Å². The molecule has 1 aliphatic rings. The number of hydrogen-bond donors (Lipinski definition) is 0. The zero-order valence-corrected chi connectivity index (χ0v) is 16.3. The van der Waals surface area contributed by atoms with Crippen molar-refractivity contribution < 1.29 is 18.4 Å². The van der Waals surface area contributed by atoms with Crippen molar-refractivity contribution in [3.05, 3.63) is 94.7 Å². The van der Waals surface area contributed by atoms with Gasteiger partial charge in [0.25, 0.3) is 11.4 Å². The van der Waals surface area contributed by atoms with Crippen LogP contribution in [0, 0.1) is 6.57 Å². The first-order valence-electron chi connectivity index (χ1n) is 9.70. The third kappa shape index (κ3) is 2.67. The van der Waals surface area contributed by atoms with Gasteiger partial charge in [-0.3, -0.25) is 9.59 Å². The summed E-state index contributed by atoms with van der Waals surface area (Å²) in [5, 5.41) is 1.78. The Bertz CT molecular complexity index is 1580. The number of Topliss-reactive ketones (excluding diaryl/α,β-unsaturated/α-hetero) is 2. The largest absolute Gasteiger partial charge is 0.415 e. The number of nitrogens with zero attached hydrogens (tertiary/aromatic N) is 3. The highest BCUT2D eigenvalue weighted by Gasteiger charge is 2.34. The Morgan fingerprint density at radius 3 is 2.03 bits per heavy atom. The minimum atomic E-state index is -0.362. The molecule has 0 saturated heterocycles. The molecular weight excluding hydrogens is 406 g/mol. The Hall–Kier alpha value is -4.83. The number of hydrogen-bond acceptors (Lipinski definition) is 6. The molecule has 1 aliphatic carbocycles. The molecule has 0 bridgehead atoms. The van der Waals surface area contributed by atoms with Crippen molar-refractivity contribution in [1.82, 2.24) is 9.97 Å². The Kier molecular flexibility index (Phi) is 3.70. The van der Waals surface area contributed by atoms with Crippen LogP contribution in [0.1, 0.15) is 26.6 Å². The first kappa shape index (κ1) is 18.0. The van der Waals surface area contributed by atoms with E-state index in [0.29, 0.717) is 28.3 Å². The van der Waals surface area contributed by atoms with Crippen molar-refractivity contribution in [2.75, 3.05) is 0 Å². The lowest BCUT2D eigenvalue weighted by molar-refractivity contribution is 0.0990. The van der Waals surface area contributed by atoms with Gasteiger partial charge in [-0.15, -0.1) is 0 Å². The summed E-state index contributed by atoms with van der Waals surface area (Å²) in [6.07, 6.45) is 1.33. The summed E-state index contributed by atoms with van der Waals surface area (Å²) < 4.78 is 11.3. The molecule has 6 rings (SSSR count). The number of aromatic nitrogens is 2. The van der Waals surface area contributed by atoms with Gasteiger partial charge in [0.05, 0.1) is 12.1 Å². The van der Waals surface area contributed by atoms with Crippen LogP contribution in [0.15, 0.2) is 75.1 Å². The Morgan fingerprint density at radius 1 is 0.812 bits per heavy atom. The highest BCUT2D eigenvalue weighted by molar-refractivity contribution is 6.41. The standard InChI is InChI=1S/C25H11N3O4/c1-26-16-8-6-13(7-9-16)23-28-25-24(32-23)27-20(31-25)12-19-21(29)17-10-14-4-2-3-5-15(14)11-18(17)22(19)30/h2-12H. The maximum Gasteiger partial charge on any atom is 0.288 e. The number of oxazole rings is 2. The van der Waals surface area contributed by atoms with Gasteiger partial charge in [-0.1, -0.05) is 48.5 Å². The van der Waals surface area contributed by atoms with Crippen LogP contribution in [0.3, 0.4) is 0 Å². The van der Waals surface area contributed by atoms with Crippen LogP contribution < -0.4 is 0 Å². The quantitative estimate of drug-likeness (QED) is 0.209. The molecular formula is C25H11N3O4. The van der Waals surface area contributed by atoms with Gasteiger partial charge in [-0.05, 0) is 22.9 Å². The number of benzene rings is 3. The number of carbonyl (C=O) groups is 2. The molecule has 3 aromatic carbocycles. The lowest BCUT2D eigenvalue weighted by Crippen LogP contribution is -2.00. The number of ketones is 2. The lowest BCUT2D eigenvalue weighted by atomic mass is 10.0. The van der Waals surface area contributed by atoms with Crippen molar-refractivity contribution in [2.45, 2.75) is 0 Å². The molecule has 2 aromatic heterocycles. The van der Waals surface area contributed by atoms with Crippen molar-refractivity contribution in [3.63, 3.8) is 0 Å². The van der Waals surface area contributed by atoms with E-state index in [1.54, 1.807) is 36.4 Å². The minimum Gasteiger partial charge on any atom is -0.415 e. The van der Waals surface area contributed by atoms with Crippen LogP contribution in [-0.4, -0.2) is 21.5 Å². The summed E-state index contributed by atoms with van der Waals surface area (Å²) in [4.78, 5) is 37.6. The van der Waals surface area contributed by atoms with E-state index in [1.165, 1.54) is 6.08 Å². The van der Waals surface area contributed by atoms with Gasteiger partial charge in [0.1, 0.15) is 0 Å². The van der Waals surface area contributed by atoms with E-state index < -0.39 is 0 Å². The average molecular weight is 417 g/mol. The molecule has 0 aliphatic heterocycles. The molecule has 0 radical (unpaired) electrons. The number of fused-ring (bicyclic) bond motifs is 3. The van der Waals surface area contributed by atoms with Crippen molar-refractivity contribution >= 4 is 45.5 Å². The predicted molar refractivity (Wildman–Crippen MR) is 116 cm³/mol. The SMILES string of the molecule is [C-]#[N+]c1ccc(-c2nc3oc(C=C4C(=O)c5cc6ccccc6cc5C4=O)nc3o2)cc1. The van der Waals surface area contributed by atoms with Gasteiger partial charge < -0.3 is 8.83 Å². The molecule has 0 fully saturated rings. The van der Waals surface area contributed by atoms with Crippen molar-refractivity contribution in [2.24, 2.45) is 0 Å². The normalized spacial score (nSPS) is 13.0. The predicted octanol–water partition coefficient (Wildman–Crippen LogP) is 5.65. The van der Waals surface area contributed by atoms with E-state index in [-0.39, 0.29) is 34.5 Å². The highest BCUT2D eigenvalue weighted by Crippen LogP contribution is 2.32. The van der Waals surface area contributed by atoms with Crippen LogP contribution >= 0.6 is 0 Å². The third-order valence-corrected chi connectivity index (χ3v) is 5.37. The van der Waals surface area contributed by atoms with Crippen LogP contribution in [-0.2, 0) is 0 Å². The van der Waals surface area contributed by atoms with E-state index >= 15 is 0 Å². The fourth-order valence-electron chi connectivity index (χ4n) is 3.78. The number of allylic oxidation sites excluding steroid dienone is 1. The second-order valence-electron chi connectivity index (χ2n) is 7.30. The molecule has 0 N–H and O–H groups in total. The summed E-state index contributed by atoms with van der Waals surface area (Å²) in [6.45, 7) is 7.01. The molecule has 0 unspecified atom stereocenters. The maximum atomic E-state index is 12.9. The molecule has 0 saturated carbocycles. The molecule has 7 heteroatoms. The highest BCUT2D eigenvalue weighted by atomic mass is 16.4. The molecule has 32 heavy (non-hydrogen) atoms. The molecule has 0 amide bonds. The van der Waals surface area contributed by atoms with Gasteiger partial charge in [0, 0.05) is 22.8 Å². The topological polar surface area (TPSA) is 90.6 Å². The minimum absolute atomic E-state index is 0.00540. The molecule has 5 aromatic rings. The van der Waals surface area contributed by atoms with E-state index in [4.69, 9.17) is 15.4 Å². The fraction of sp³-hybridized carbons (Fsp3) is 0. The van der Waals surface area contributed by atoms with E-state index in [9.17, 15) is 9.59 Å². The van der Waals surface area contributed by atoms with Crippen LogP contribution in [0.4, 0.5) is 5.69 Å². The molecule has 7 nitrogen and oxygen atoms in total. The molecule has 2 heterocycles. The van der Waals surface area contributed by atoms with Gasteiger partial charge in [0.2, 0.25) is 11.8 Å². The lowest BCUT2D eigenvalue weighted by Gasteiger charge is -2.00. The van der Waals surface area contributed by atoms with Crippen LogP contribution in [0.5, 0.6) is 0 Å². The van der Waals surface area contributed by atoms with E-state index in [1.807, 2.05) is 24.3 Å². The van der Waals surface area contributed by atoms with E-state index in [2.05, 4.69) is 14.8 Å². The summed E-state index contributed by atoms with van der Waals surface area (Å²) in [7, 11) is 0. The van der Waals surface area contributed by atoms with Gasteiger partial charge in [-0.2, -0.15) is 9.97 Å². The fourth-order valence-corrected chi connectivity index (χ4v) is 3.78. The molecule has 150 valence electrons. The van der Waals surface area contributed by atoms with Crippen molar-refractivity contribution in [1.29, 1.82) is 0 Å². The summed E-state index contributed by atoms with van der Waals surface area (Å²) in [5.41, 5.74) is 2.24. The second-order valence-corrected chi connectivity index (χ2v) is 7.30. The summed E-state index contributed by atoms with van der Waals surface area (Å²) >= 11 is 0. The van der Waals surface area contributed by atoms with Crippen molar-refractivity contribution in [3.8, 4) is 11.5 Å². The Labute approximate surface area is 180 Å². The van der Waals surface area contributed by atoms with Crippen LogP contribution in [0.2, 0.25) is 0 Å².